The average Bonchev–Trinajstić information content (AvgIpc) is 2.28. The van der Waals surface area contributed by atoms with E-state index in [1.54, 1.807) is 12.1 Å². The summed E-state index contributed by atoms with van der Waals surface area (Å²) in [6.45, 7) is 0.445. The van der Waals surface area contributed by atoms with Crippen LogP contribution in [0.25, 0.3) is 0 Å². The zero-order chi connectivity index (χ0) is 13.1. The second-order valence-corrected chi connectivity index (χ2v) is 4.48. The van der Waals surface area contributed by atoms with Crippen LogP contribution in [0, 0.1) is 11.7 Å². The summed E-state index contributed by atoms with van der Waals surface area (Å²) in [6, 6.07) is 5.88. The molecular weight excluding hydrogens is 237 g/mol. The van der Waals surface area contributed by atoms with Crippen molar-refractivity contribution in [3.05, 3.63) is 30.1 Å². The number of hydrogen-bond donors (Lipinski definition) is 1. The number of benzene rings is 1. The van der Waals surface area contributed by atoms with Crippen molar-refractivity contribution in [1.82, 2.24) is 0 Å². The molecule has 5 heteroatoms. The van der Waals surface area contributed by atoms with E-state index in [1.807, 2.05) is 0 Å². The first-order valence-corrected chi connectivity index (χ1v) is 5.84. The van der Waals surface area contributed by atoms with Crippen molar-refractivity contribution < 1.29 is 19.1 Å². The van der Waals surface area contributed by atoms with E-state index in [-0.39, 0.29) is 30.5 Å². The molecule has 1 heterocycles. The third-order valence-corrected chi connectivity index (χ3v) is 3.11. The molecule has 1 atom stereocenters. The topological polar surface area (TPSA) is 57.6 Å². The summed E-state index contributed by atoms with van der Waals surface area (Å²) in [6.07, 6.45) is 0.861. The Morgan fingerprint density at radius 2 is 2.28 bits per heavy atom. The molecule has 0 bridgehead atoms. The maximum Gasteiger partial charge on any atom is 0.303 e. The molecule has 0 aromatic heterocycles. The summed E-state index contributed by atoms with van der Waals surface area (Å²) < 4.78 is 13.1. The van der Waals surface area contributed by atoms with E-state index < -0.39 is 5.97 Å². The van der Waals surface area contributed by atoms with Crippen LogP contribution < -0.4 is 4.90 Å². The summed E-state index contributed by atoms with van der Waals surface area (Å²) in [4.78, 5) is 24.0. The van der Waals surface area contributed by atoms with Crippen LogP contribution in [0.3, 0.4) is 0 Å². The van der Waals surface area contributed by atoms with Gasteiger partial charge in [0.2, 0.25) is 5.91 Å². The molecule has 96 valence electrons. The fourth-order valence-electron chi connectivity index (χ4n) is 2.23. The monoisotopic (exact) mass is 251 g/mol. The van der Waals surface area contributed by atoms with Crippen LogP contribution in [0.15, 0.2) is 24.3 Å². The summed E-state index contributed by atoms with van der Waals surface area (Å²) in [5, 5.41) is 8.70. The minimum Gasteiger partial charge on any atom is -0.481 e. The molecular formula is C13H14FNO3. The van der Waals surface area contributed by atoms with Crippen molar-refractivity contribution >= 4 is 17.6 Å². The highest BCUT2D eigenvalue weighted by Gasteiger charge is 2.28. The third kappa shape index (κ3) is 2.85. The molecule has 1 aromatic rings. The van der Waals surface area contributed by atoms with Crippen molar-refractivity contribution in [3.63, 3.8) is 0 Å². The van der Waals surface area contributed by atoms with Crippen molar-refractivity contribution in [2.75, 3.05) is 11.4 Å². The molecule has 1 aliphatic rings. The summed E-state index contributed by atoms with van der Waals surface area (Å²) in [5.41, 5.74) is 0.536. The van der Waals surface area contributed by atoms with Crippen LogP contribution >= 0.6 is 0 Å². The van der Waals surface area contributed by atoms with Crippen LogP contribution in [0.5, 0.6) is 0 Å². The fourth-order valence-corrected chi connectivity index (χ4v) is 2.23. The summed E-state index contributed by atoms with van der Waals surface area (Å²) in [7, 11) is 0. The molecule has 1 aromatic carbocycles. The Morgan fingerprint density at radius 1 is 1.50 bits per heavy atom. The predicted molar refractivity (Wildman–Crippen MR) is 63.7 cm³/mol. The number of nitrogens with zero attached hydrogens (tertiary/aromatic N) is 1. The third-order valence-electron chi connectivity index (χ3n) is 3.11. The number of carbonyl (C=O) groups excluding carboxylic acids is 1. The molecule has 0 spiro atoms. The van der Waals surface area contributed by atoms with Gasteiger partial charge in [-0.2, -0.15) is 0 Å². The van der Waals surface area contributed by atoms with Crippen LogP contribution in [0.2, 0.25) is 0 Å². The number of halogens is 1. The molecule has 2 rings (SSSR count). The molecule has 1 saturated heterocycles. The predicted octanol–water partition coefficient (Wildman–Crippen LogP) is 2.04. The number of anilines is 1. The average molecular weight is 251 g/mol. The van der Waals surface area contributed by atoms with E-state index in [1.165, 1.54) is 17.0 Å². The van der Waals surface area contributed by atoms with Crippen LogP contribution in [0.4, 0.5) is 10.1 Å². The van der Waals surface area contributed by atoms with Crippen molar-refractivity contribution in [3.8, 4) is 0 Å². The molecule has 1 amide bonds. The van der Waals surface area contributed by atoms with Gasteiger partial charge in [-0.05, 0) is 30.5 Å². The minimum absolute atomic E-state index is 0.0166. The van der Waals surface area contributed by atoms with Crippen molar-refractivity contribution in [2.24, 2.45) is 5.92 Å². The Morgan fingerprint density at radius 3 is 2.89 bits per heavy atom. The van der Waals surface area contributed by atoms with E-state index in [0.29, 0.717) is 18.7 Å². The number of piperidine rings is 1. The van der Waals surface area contributed by atoms with Gasteiger partial charge in [0.05, 0.1) is 0 Å². The zero-order valence-electron chi connectivity index (χ0n) is 9.80. The van der Waals surface area contributed by atoms with Gasteiger partial charge in [-0.1, -0.05) is 6.07 Å². The first kappa shape index (κ1) is 12.5. The molecule has 0 radical (unpaired) electrons. The first-order chi connectivity index (χ1) is 8.56. The zero-order valence-corrected chi connectivity index (χ0v) is 9.80. The number of carboxylic acid groups (broad SMARTS) is 1. The number of carboxylic acids is 1. The van der Waals surface area contributed by atoms with Crippen LogP contribution in [-0.4, -0.2) is 23.5 Å². The lowest BCUT2D eigenvalue weighted by Crippen LogP contribution is -2.39. The lowest BCUT2D eigenvalue weighted by molar-refractivity contribution is -0.138. The second-order valence-electron chi connectivity index (χ2n) is 4.48. The van der Waals surface area contributed by atoms with Gasteiger partial charge in [0.25, 0.3) is 0 Å². The number of carbonyl (C=O) groups is 2. The highest BCUT2D eigenvalue weighted by molar-refractivity contribution is 5.94. The van der Waals surface area contributed by atoms with E-state index in [4.69, 9.17) is 5.11 Å². The maximum absolute atomic E-state index is 13.1. The van der Waals surface area contributed by atoms with Gasteiger partial charge >= 0.3 is 5.97 Å². The van der Waals surface area contributed by atoms with E-state index in [0.717, 1.165) is 0 Å². The Balaban J connectivity index is 2.06. The van der Waals surface area contributed by atoms with Gasteiger partial charge < -0.3 is 10.0 Å². The summed E-state index contributed by atoms with van der Waals surface area (Å²) in [5.74, 6) is -1.52. The molecule has 1 fully saturated rings. The molecule has 0 aliphatic carbocycles. The van der Waals surface area contributed by atoms with Gasteiger partial charge in [0.1, 0.15) is 5.82 Å². The molecule has 4 nitrogen and oxygen atoms in total. The van der Waals surface area contributed by atoms with Gasteiger partial charge in [-0.3, -0.25) is 9.59 Å². The normalized spacial score (nSPS) is 19.9. The van der Waals surface area contributed by atoms with Crippen molar-refractivity contribution in [1.29, 1.82) is 0 Å². The second kappa shape index (κ2) is 5.16. The Kier molecular flexibility index (Phi) is 3.60. The van der Waals surface area contributed by atoms with Gasteiger partial charge in [-0.15, -0.1) is 0 Å². The smallest absolute Gasteiger partial charge is 0.303 e. The lowest BCUT2D eigenvalue weighted by Gasteiger charge is -2.31. The standard InChI is InChI=1S/C13H14FNO3/c14-10-2-1-3-11(8-10)15-5-4-9(6-12(15)16)7-13(17)18/h1-3,8-9H,4-7H2,(H,17,18). The Labute approximate surface area is 104 Å². The molecule has 1 N–H and O–H groups in total. The number of hydrogen-bond acceptors (Lipinski definition) is 2. The first-order valence-electron chi connectivity index (χ1n) is 5.84. The molecule has 1 unspecified atom stereocenters. The quantitative estimate of drug-likeness (QED) is 0.894. The number of rotatable bonds is 3. The lowest BCUT2D eigenvalue weighted by atomic mass is 9.93. The number of amides is 1. The van der Waals surface area contributed by atoms with E-state index in [2.05, 4.69) is 0 Å². The molecule has 1 aliphatic heterocycles. The Bertz CT molecular complexity index is 475. The van der Waals surface area contributed by atoms with Crippen molar-refractivity contribution in [2.45, 2.75) is 19.3 Å². The number of aliphatic carboxylic acids is 1. The minimum atomic E-state index is -0.882. The highest BCUT2D eigenvalue weighted by Crippen LogP contribution is 2.26. The van der Waals surface area contributed by atoms with E-state index in [9.17, 15) is 14.0 Å². The van der Waals surface area contributed by atoms with Gasteiger partial charge in [0, 0.05) is 25.1 Å². The maximum atomic E-state index is 13.1. The largest absolute Gasteiger partial charge is 0.481 e. The van der Waals surface area contributed by atoms with E-state index >= 15 is 0 Å². The highest BCUT2D eigenvalue weighted by atomic mass is 19.1. The fraction of sp³-hybridized carbons (Fsp3) is 0.385. The SMILES string of the molecule is O=C(O)CC1CCN(c2cccc(F)c2)C(=O)C1. The molecule has 18 heavy (non-hydrogen) atoms. The molecule has 0 saturated carbocycles. The summed E-state index contributed by atoms with van der Waals surface area (Å²) >= 11 is 0. The van der Waals surface area contributed by atoms with Crippen LogP contribution in [0.1, 0.15) is 19.3 Å². The Hall–Kier alpha value is -1.91. The van der Waals surface area contributed by atoms with Gasteiger partial charge in [-0.25, -0.2) is 4.39 Å². The van der Waals surface area contributed by atoms with Gasteiger partial charge in [0.15, 0.2) is 0 Å². The van der Waals surface area contributed by atoms with Crippen LogP contribution in [-0.2, 0) is 9.59 Å².